The van der Waals surface area contributed by atoms with Gasteiger partial charge in [0.05, 0.1) is 6.57 Å². The van der Waals surface area contributed by atoms with Gasteiger partial charge in [0.15, 0.2) is 5.69 Å². The van der Waals surface area contributed by atoms with E-state index in [2.05, 4.69) is 78.1 Å². The molecule has 1 fully saturated rings. The van der Waals surface area contributed by atoms with Crippen LogP contribution in [0.25, 0.3) is 15.7 Å². The highest BCUT2D eigenvalue weighted by molar-refractivity contribution is 5.87. The lowest BCUT2D eigenvalue weighted by molar-refractivity contribution is 0.461. The Balaban J connectivity index is 1.72. The fourth-order valence-corrected chi connectivity index (χ4v) is 4.27. The molecule has 3 heteroatoms. The van der Waals surface area contributed by atoms with E-state index in [1.807, 2.05) is 6.07 Å². The zero-order valence-electron chi connectivity index (χ0n) is 17.1. The average molecular weight is 372 g/mol. The predicted octanol–water partition coefficient (Wildman–Crippen LogP) is 6.00. The fourth-order valence-electron chi connectivity index (χ4n) is 4.27. The molecule has 1 saturated heterocycles. The first-order valence-corrected chi connectivity index (χ1v) is 10.3. The zero-order valence-corrected chi connectivity index (χ0v) is 17.1. The number of nitrogens with zero attached hydrogens (tertiary/aromatic N) is 2. The van der Waals surface area contributed by atoms with Crippen LogP contribution in [0.15, 0.2) is 48.7 Å². The van der Waals surface area contributed by atoms with Crippen LogP contribution in [0, 0.1) is 6.57 Å². The molecule has 1 N–H and O–H groups in total. The van der Waals surface area contributed by atoms with E-state index in [9.17, 15) is 0 Å². The molecule has 2 heterocycles. The minimum absolute atomic E-state index is 0.172. The zero-order chi connectivity index (χ0) is 19.7. The van der Waals surface area contributed by atoms with Gasteiger partial charge >= 0.3 is 0 Å². The summed E-state index contributed by atoms with van der Waals surface area (Å²) in [6.07, 6.45) is 4.71. The second-order valence-electron chi connectivity index (χ2n) is 9.00. The van der Waals surface area contributed by atoms with E-state index in [-0.39, 0.29) is 5.41 Å². The molecule has 1 aliphatic heterocycles. The third-order valence-corrected chi connectivity index (χ3v) is 5.98. The summed E-state index contributed by atoms with van der Waals surface area (Å²) in [6, 6.07) is 15.2. The second kappa shape index (κ2) is 7.45. The van der Waals surface area contributed by atoms with Crippen LogP contribution in [0.3, 0.4) is 0 Å². The van der Waals surface area contributed by atoms with Crippen LogP contribution in [0.4, 0.5) is 5.69 Å². The summed E-state index contributed by atoms with van der Waals surface area (Å²) >= 11 is 0. The molecule has 0 saturated carbocycles. The number of hydrogen-bond acceptors (Lipinski definition) is 1. The smallest absolute Gasteiger partial charge is 0.189 e. The van der Waals surface area contributed by atoms with Crippen LogP contribution >= 0.6 is 0 Å². The molecule has 3 aromatic rings. The summed E-state index contributed by atoms with van der Waals surface area (Å²) in [6.45, 7) is 17.2. The van der Waals surface area contributed by atoms with Crippen molar-refractivity contribution in [3.05, 3.63) is 76.8 Å². The summed E-state index contributed by atoms with van der Waals surface area (Å²) in [4.78, 5) is 3.66. The molecule has 0 aliphatic carbocycles. The summed E-state index contributed by atoms with van der Waals surface area (Å²) < 4.78 is 2.34. The maximum atomic E-state index is 7.40. The van der Waals surface area contributed by atoms with Gasteiger partial charge in [0, 0.05) is 23.6 Å². The van der Waals surface area contributed by atoms with Crippen molar-refractivity contribution in [3.63, 3.8) is 0 Å². The van der Waals surface area contributed by atoms with Crippen molar-refractivity contribution >= 4 is 16.6 Å². The van der Waals surface area contributed by atoms with E-state index < -0.39 is 0 Å². The molecule has 0 spiro atoms. The number of piperidine rings is 1. The third-order valence-electron chi connectivity index (χ3n) is 5.98. The number of fused-ring (bicyclic) bond motifs is 1. The monoisotopic (exact) mass is 371 g/mol. The molecule has 3 nitrogen and oxygen atoms in total. The standard InChI is InChI=1S/C25H29N3/c1-25(2,3)20-7-5-18(6-8-20)16-28-17-23(19-11-13-27-14-12-19)22-10-9-21(26-4)15-24(22)28/h5-10,15,17,19,27H,11-14,16H2,1-3H3. The minimum Gasteiger partial charge on any atom is -0.344 e. The average Bonchev–Trinajstić information content (AvgIpc) is 3.06. The molecule has 0 radical (unpaired) electrons. The van der Waals surface area contributed by atoms with Gasteiger partial charge in [0.1, 0.15) is 0 Å². The first-order valence-electron chi connectivity index (χ1n) is 10.3. The largest absolute Gasteiger partial charge is 0.344 e. The SMILES string of the molecule is [C-]#[N+]c1ccc2c(C3CCNCC3)cn(Cc3ccc(C(C)(C)C)cc3)c2c1. The van der Waals surface area contributed by atoms with E-state index in [1.165, 1.54) is 40.4 Å². The Morgan fingerprint density at radius 1 is 1.07 bits per heavy atom. The lowest BCUT2D eigenvalue weighted by Crippen LogP contribution is -2.26. The number of benzene rings is 2. The molecule has 0 atom stereocenters. The van der Waals surface area contributed by atoms with Gasteiger partial charge in [0.2, 0.25) is 0 Å². The Bertz CT molecular complexity index is 1010. The maximum Gasteiger partial charge on any atom is 0.189 e. The van der Waals surface area contributed by atoms with Gasteiger partial charge in [-0.3, -0.25) is 0 Å². The molecule has 2 aromatic carbocycles. The highest BCUT2D eigenvalue weighted by Crippen LogP contribution is 2.35. The second-order valence-corrected chi connectivity index (χ2v) is 9.00. The van der Waals surface area contributed by atoms with Gasteiger partial charge in [-0.05, 0) is 60.0 Å². The predicted molar refractivity (Wildman–Crippen MR) is 117 cm³/mol. The Hall–Kier alpha value is -2.57. The van der Waals surface area contributed by atoms with Crippen molar-refractivity contribution in [1.29, 1.82) is 0 Å². The van der Waals surface area contributed by atoms with Gasteiger partial charge in [-0.2, -0.15) is 0 Å². The van der Waals surface area contributed by atoms with Crippen LogP contribution < -0.4 is 5.32 Å². The van der Waals surface area contributed by atoms with Crippen LogP contribution in [-0.2, 0) is 12.0 Å². The third kappa shape index (κ3) is 3.70. The van der Waals surface area contributed by atoms with Gasteiger partial charge < -0.3 is 9.88 Å². The lowest BCUT2D eigenvalue weighted by Gasteiger charge is -2.22. The molecule has 28 heavy (non-hydrogen) atoms. The Kier molecular flexibility index (Phi) is 5.00. The molecule has 0 amide bonds. The first kappa shape index (κ1) is 18.8. The highest BCUT2D eigenvalue weighted by atomic mass is 15.0. The van der Waals surface area contributed by atoms with Crippen molar-refractivity contribution in [2.45, 2.75) is 51.5 Å². The molecule has 1 aromatic heterocycles. The van der Waals surface area contributed by atoms with Crippen molar-refractivity contribution in [2.24, 2.45) is 0 Å². The van der Waals surface area contributed by atoms with E-state index in [0.29, 0.717) is 11.6 Å². The van der Waals surface area contributed by atoms with Crippen LogP contribution in [0.5, 0.6) is 0 Å². The topological polar surface area (TPSA) is 21.3 Å². The van der Waals surface area contributed by atoms with Crippen molar-refractivity contribution in [3.8, 4) is 0 Å². The van der Waals surface area contributed by atoms with E-state index >= 15 is 0 Å². The Labute approximate surface area is 168 Å². The molecule has 144 valence electrons. The van der Waals surface area contributed by atoms with Crippen molar-refractivity contribution in [2.75, 3.05) is 13.1 Å². The van der Waals surface area contributed by atoms with Crippen LogP contribution in [0.2, 0.25) is 0 Å². The number of aromatic nitrogens is 1. The molecule has 0 unspecified atom stereocenters. The number of nitrogens with one attached hydrogen (secondary N) is 1. The summed E-state index contributed by atoms with van der Waals surface area (Å²) in [7, 11) is 0. The normalized spacial score (nSPS) is 15.6. The van der Waals surface area contributed by atoms with Gasteiger partial charge in [0.25, 0.3) is 0 Å². The summed E-state index contributed by atoms with van der Waals surface area (Å²) in [5, 5.41) is 4.78. The highest BCUT2D eigenvalue weighted by Gasteiger charge is 2.20. The fraction of sp³-hybridized carbons (Fsp3) is 0.400. The molecule has 1 aliphatic rings. The summed E-state index contributed by atoms with van der Waals surface area (Å²) in [5.41, 5.74) is 6.17. The quantitative estimate of drug-likeness (QED) is 0.560. The van der Waals surface area contributed by atoms with Crippen LogP contribution in [0.1, 0.15) is 56.2 Å². The van der Waals surface area contributed by atoms with E-state index in [0.717, 1.165) is 19.6 Å². The molecule has 0 bridgehead atoms. The van der Waals surface area contributed by atoms with Crippen molar-refractivity contribution in [1.82, 2.24) is 9.88 Å². The van der Waals surface area contributed by atoms with Crippen molar-refractivity contribution < 1.29 is 0 Å². The Morgan fingerprint density at radius 3 is 2.43 bits per heavy atom. The van der Waals surface area contributed by atoms with E-state index in [4.69, 9.17) is 6.57 Å². The molecular weight excluding hydrogens is 342 g/mol. The van der Waals surface area contributed by atoms with Gasteiger partial charge in [-0.1, -0.05) is 57.2 Å². The summed E-state index contributed by atoms with van der Waals surface area (Å²) in [5.74, 6) is 0.604. The maximum absolute atomic E-state index is 7.40. The van der Waals surface area contributed by atoms with Gasteiger partial charge in [-0.25, -0.2) is 4.85 Å². The minimum atomic E-state index is 0.172. The molecule has 4 rings (SSSR count). The van der Waals surface area contributed by atoms with Crippen LogP contribution in [-0.4, -0.2) is 17.7 Å². The lowest BCUT2D eigenvalue weighted by atomic mass is 9.87. The first-order chi connectivity index (χ1) is 13.5. The number of rotatable bonds is 3. The number of hydrogen-bond donors (Lipinski definition) is 1. The van der Waals surface area contributed by atoms with E-state index in [1.54, 1.807) is 0 Å². The Morgan fingerprint density at radius 2 is 1.79 bits per heavy atom. The van der Waals surface area contributed by atoms with Gasteiger partial charge in [-0.15, -0.1) is 0 Å². The molecular formula is C25H29N3.